The molecular formula is C26H31FN2O5. The zero-order valence-corrected chi connectivity index (χ0v) is 19.6. The average molecular weight is 471 g/mol. The number of rotatable bonds is 9. The van der Waals surface area contributed by atoms with Crippen LogP contribution in [0.5, 0.6) is 5.75 Å². The van der Waals surface area contributed by atoms with Crippen LogP contribution in [0.15, 0.2) is 36.4 Å². The molecule has 2 aromatic rings. The summed E-state index contributed by atoms with van der Waals surface area (Å²) in [5.41, 5.74) is 2.67. The number of amides is 2. The summed E-state index contributed by atoms with van der Waals surface area (Å²) in [5, 5.41) is 2.86. The first-order valence-corrected chi connectivity index (χ1v) is 11.9. The number of nitrogens with one attached hydrogen (secondary N) is 1. The van der Waals surface area contributed by atoms with Gasteiger partial charge in [-0.05, 0) is 44.7 Å². The van der Waals surface area contributed by atoms with Crippen LogP contribution in [-0.4, -0.2) is 42.5 Å². The Hall–Kier alpha value is -2.97. The second-order valence-electron chi connectivity index (χ2n) is 8.44. The molecule has 0 bridgehead atoms. The molecule has 2 aliphatic heterocycles. The largest absolute Gasteiger partial charge is 0.488 e. The molecule has 2 aromatic carbocycles. The predicted molar refractivity (Wildman–Crippen MR) is 124 cm³/mol. The van der Waals surface area contributed by atoms with Crippen molar-refractivity contribution in [2.24, 2.45) is 0 Å². The van der Waals surface area contributed by atoms with Gasteiger partial charge in [-0.2, -0.15) is 0 Å². The summed E-state index contributed by atoms with van der Waals surface area (Å²) in [5.74, 6) is -0.700. The third kappa shape index (κ3) is 5.23. The fraction of sp³-hybridized carbons (Fsp3) is 0.462. The van der Waals surface area contributed by atoms with E-state index in [-0.39, 0.29) is 30.5 Å². The number of ether oxygens (including phenoxy) is 3. The molecule has 4 rings (SSSR count). The lowest BCUT2D eigenvalue weighted by molar-refractivity contribution is -0.140. The van der Waals surface area contributed by atoms with Gasteiger partial charge in [0.2, 0.25) is 5.91 Å². The summed E-state index contributed by atoms with van der Waals surface area (Å²) in [6.07, 6.45) is 1.91. The van der Waals surface area contributed by atoms with Crippen molar-refractivity contribution in [2.75, 3.05) is 19.8 Å². The molecule has 34 heavy (non-hydrogen) atoms. The van der Waals surface area contributed by atoms with Gasteiger partial charge in [0.05, 0.1) is 12.1 Å². The van der Waals surface area contributed by atoms with Gasteiger partial charge < -0.3 is 24.4 Å². The van der Waals surface area contributed by atoms with Crippen molar-refractivity contribution < 1.29 is 28.2 Å². The Kier molecular flexibility index (Phi) is 7.80. The second kappa shape index (κ2) is 11.0. The van der Waals surface area contributed by atoms with E-state index in [1.54, 1.807) is 0 Å². The molecule has 2 heterocycles. The number of carbonyl (C=O) groups is 2. The van der Waals surface area contributed by atoms with Gasteiger partial charge in [-0.25, -0.2) is 4.39 Å². The van der Waals surface area contributed by atoms with E-state index in [0.29, 0.717) is 37.5 Å². The monoisotopic (exact) mass is 470 g/mol. The fourth-order valence-corrected chi connectivity index (χ4v) is 4.44. The van der Waals surface area contributed by atoms with Crippen molar-refractivity contribution in [1.29, 1.82) is 0 Å². The van der Waals surface area contributed by atoms with Crippen LogP contribution in [0.25, 0.3) is 0 Å². The van der Waals surface area contributed by atoms with Gasteiger partial charge in [0.25, 0.3) is 5.91 Å². The lowest BCUT2D eigenvalue weighted by atomic mass is 10.1. The number of hydrogen-bond donors (Lipinski definition) is 1. The van der Waals surface area contributed by atoms with Gasteiger partial charge in [-0.15, -0.1) is 0 Å². The van der Waals surface area contributed by atoms with Gasteiger partial charge in [-0.3, -0.25) is 9.59 Å². The molecule has 0 aromatic heterocycles. The van der Waals surface area contributed by atoms with Crippen LogP contribution >= 0.6 is 0 Å². The van der Waals surface area contributed by atoms with Gasteiger partial charge in [-0.1, -0.05) is 24.3 Å². The van der Waals surface area contributed by atoms with Crippen LogP contribution in [0.3, 0.4) is 0 Å². The van der Waals surface area contributed by atoms with Gasteiger partial charge >= 0.3 is 0 Å². The minimum atomic E-state index is -0.547. The quantitative estimate of drug-likeness (QED) is 0.559. The lowest BCUT2D eigenvalue weighted by Gasteiger charge is -2.25. The SMILES string of the molecule is CCOC(OCC)c1ccc(COc2cc(F)cc3c2CN([C@H]2CCCCNC2=O)C3=O)cc1. The summed E-state index contributed by atoms with van der Waals surface area (Å²) in [7, 11) is 0. The van der Waals surface area contributed by atoms with E-state index in [4.69, 9.17) is 14.2 Å². The van der Waals surface area contributed by atoms with E-state index in [1.165, 1.54) is 17.0 Å². The van der Waals surface area contributed by atoms with Crippen LogP contribution in [0.4, 0.5) is 4.39 Å². The van der Waals surface area contributed by atoms with Crippen molar-refractivity contribution in [1.82, 2.24) is 10.2 Å². The van der Waals surface area contributed by atoms with Crippen LogP contribution in [0, 0.1) is 5.82 Å². The molecule has 1 N–H and O–H groups in total. The highest BCUT2D eigenvalue weighted by Gasteiger charge is 2.38. The number of nitrogens with zero attached hydrogens (tertiary/aromatic N) is 1. The molecule has 2 amide bonds. The summed E-state index contributed by atoms with van der Waals surface area (Å²) >= 11 is 0. The predicted octanol–water partition coefficient (Wildman–Crippen LogP) is 4.10. The number of carbonyl (C=O) groups excluding carboxylic acids is 2. The Bertz CT molecular complexity index is 1020. The molecule has 0 unspecified atom stereocenters. The van der Waals surface area contributed by atoms with E-state index in [1.807, 2.05) is 38.1 Å². The van der Waals surface area contributed by atoms with Crippen LogP contribution in [0.2, 0.25) is 0 Å². The molecule has 1 fully saturated rings. The zero-order valence-electron chi connectivity index (χ0n) is 19.6. The minimum Gasteiger partial charge on any atom is -0.488 e. The molecule has 0 aliphatic carbocycles. The highest BCUT2D eigenvalue weighted by Crippen LogP contribution is 2.35. The first-order valence-electron chi connectivity index (χ1n) is 11.9. The van der Waals surface area contributed by atoms with E-state index < -0.39 is 18.1 Å². The molecule has 7 nitrogen and oxygen atoms in total. The molecule has 0 saturated carbocycles. The Labute approximate surface area is 199 Å². The Morgan fingerprint density at radius 2 is 1.82 bits per heavy atom. The maximum atomic E-state index is 14.4. The number of hydrogen-bond acceptors (Lipinski definition) is 5. The Balaban J connectivity index is 1.48. The maximum absolute atomic E-state index is 14.4. The Morgan fingerprint density at radius 3 is 2.53 bits per heavy atom. The first kappa shape index (κ1) is 24.2. The highest BCUT2D eigenvalue weighted by atomic mass is 19.1. The molecule has 8 heteroatoms. The van der Waals surface area contributed by atoms with Crippen LogP contribution in [0.1, 0.15) is 66.4 Å². The van der Waals surface area contributed by atoms with Gasteiger partial charge in [0.1, 0.15) is 24.2 Å². The smallest absolute Gasteiger partial charge is 0.255 e. The van der Waals surface area contributed by atoms with Crippen LogP contribution in [-0.2, 0) is 27.4 Å². The molecule has 1 atom stereocenters. The Morgan fingerprint density at radius 1 is 1.09 bits per heavy atom. The summed E-state index contributed by atoms with van der Waals surface area (Å²) in [6.45, 7) is 5.96. The summed E-state index contributed by atoms with van der Waals surface area (Å²) in [6, 6.07) is 9.64. The normalized spacial score (nSPS) is 18.1. The highest BCUT2D eigenvalue weighted by molar-refractivity contribution is 6.01. The van der Waals surface area contributed by atoms with Crippen molar-refractivity contribution in [3.05, 3.63) is 64.5 Å². The van der Waals surface area contributed by atoms with Crippen LogP contribution < -0.4 is 10.1 Å². The van der Waals surface area contributed by atoms with E-state index >= 15 is 0 Å². The molecule has 0 spiro atoms. The minimum absolute atomic E-state index is 0.154. The maximum Gasteiger partial charge on any atom is 0.255 e. The zero-order chi connectivity index (χ0) is 24.1. The molecule has 0 radical (unpaired) electrons. The van der Waals surface area contributed by atoms with Crippen molar-refractivity contribution in [2.45, 2.75) is 58.6 Å². The summed E-state index contributed by atoms with van der Waals surface area (Å²) < 4.78 is 31.6. The lowest BCUT2D eigenvalue weighted by Crippen LogP contribution is -2.45. The van der Waals surface area contributed by atoms with Crippen molar-refractivity contribution >= 4 is 11.8 Å². The van der Waals surface area contributed by atoms with E-state index in [2.05, 4.69) is 5.32 Å². The van der Waals surface area contributed by atoms with E-state index in [9.17, 15) is 14.0 Å². The van der Waals surface area contributed by atoms with E-state index in [0.717, 1.165) is 24.0 Å². The topological polar surface area (TPSA) is 77.1 Å². The molecule has 182 valence electrons. The first-order chi connectivity index (χ1) is 16.5. The third-order valence-corrected chi connectivity index (χ3v) is 6.16. The number of benzene rings is 2. The molecule has 1 saturated heterocycles. The number of halogens is 1. The fourth-order valence-electron chi connectivity index (χ4n) is 4.44. The molecular weight excluding hydrogens is 439 g/mol. The van der Waals surface area contributed by atoms with Crippen molar-refractivity contribution in [3.63, 3.8) is 0 Å². The number of fused-ring (bicyclic) bond motifs is 1. The summed E-state index contributed by atoms with van der Waals surface area (Å²) in [4.78, 5) is 27.1. The molecule has 2 aliphatic rings. The van der Waals surface area contributed by atoms with Gasteiger partial charge in [0, 0.05) is 37.0 Å². The second-order valence-corrected chi connectivity index (χ2v) is 8.44. The van der Waals surface area contributed by atoms with Crippen molar-refractivity contribution in [3.8, 4) is 5.75 Å². The average Bonchev–Trinajstić information content (AvgIpc) is 3.00. The standard InChI is InChI=1S/C26H31FN2O5/c1-3-32-26(33-4-2)18-10-8-17(9-11-18)16-34-23-14-19(27)13-20-21(23)15-29(25(20)31)22-7-5-6-12-28-24(22)30/h8-11,13-14,22,26H,3-7,12,15-16H2,1-2H3,(H,28,30)/t22-/m0/s1. The van der Waals surface area contributed by atoms with Gasteiger partial charge in [0.15, 0.2) is 6.29 Å². The third-order valence-electron chi connectivity index (χ3n) is 6.16.